The Balaban J connectivity index is 2.26. The van der Waals surface area contributed by atoms with Gasteiger partial charge in [0, 0.05) is 6.42 Å². The highest BCUT2D eigenvalue weighted by Crippen LogP contribution is 2.36. The number of allylic oxidation sites excluding steroid dienone is 4. The summed E-state index contributed by atoms with van der Waals surface area (Å²) >= 11 is 0. The molecule has 1 saturated carbocycles. The Morgan fingerprint density at radius 1 is 1.04 bits per heavy atom. The fraction of sp³-hybridized carbons (Fsp3) is 0.762. The van der Waals surface area contributed by atoms with Gasteiger partial charge in [0.2, 0.25) is 0 Å². The van der Waals surface area contributed by atoms with E-state index in [0.29, 0.717) is 18.3 Å². The largest absolute Gasteiger partial charge is 0.393 e. The smallest absolute Gasteiger partial charge is 0.129 e. The van der Waals surface area contributed by atoms with Gasteiger partial charge in [-0.05, 0) is 63.7 Å². The van der Waals surface area contributed by atoms with E-state index in [1.54, 1.807) is 6.92 Å². The van der Waals surface area contributed by atoms with E-state index in [1.165, 1.54) is 32.1 Å². The van der Waals surface area contributed by atoms with Crippen LogP contribution >= 0.6 is 0 Å². The normalized spacial score (nSPS) is 24.9. The van der Waals surface area contributed by atoms with Crippen molar-refractivity contribution in [3.05, 3.63) is 24.3 Å². The second-order valence-corrected chi connectivity index (χ2v) is 7.05. The Morgan fingerprint density at radius 2 is 1.83 bits per heavy atom. The van der Waals surface area contributed by atoms with E-state index >= 15 is 0 Å². The first kappa shape index (κ1) is 20.2. The molecule has 1 rings (SSSR count). The molecule has 0 aromatic rings. The van der Waals surface area contributed by atoms with Gasteiger partial charge in [-0.2, -0.15) is 0 Å². The van der Waals surface area contributed by atoms with E-state index < -0.39 is 0 Å². The van der Waals surface area contributed by atoms with E-state index in [1.807, 2.05) is 0 Å². The van der Waals surface area contributed by atoms with Crippen LogP contribution in [0.4, 0.5) is 0 Å². The lowest BCUT2D eigenvalue weighted by molar-refractivity contribution is -0.117. The van der Waals surface area contributed by atoms with Crippen LogP contribution in [0.25, 0.3) is 0 Å². The van der Waals surface area contributed by atoms with E-state index in [9.17, 15) is 9.90 Å². The lowest BCUT2D eigenvalue weighted by atomic mass is 9.90. The minimum Gasteiger partial charge on any atom is -0.393 e. The van der Waals surface area contributed by atoms with Crippen molar-refractivity contribution in [2.75, 3.05) is 0 Å². The predicted molar refractivity (Wildman–Crippen MR) is 98.4 cm³/mol. The second-order valence-electron chi connectivity index (χ2n) is 7.05. The summed E-state index contributed by atoms with van der Waals surface area (Å²) in [5.41, 5.74) is 0. The zero-order valence-electron chi connectivity index (χ0n) is 15.2. The highest BCUT2D eigenvalue weighted by atomic mass is 16.3. The van der Waals surface area contributed by atoms with Crippen molar-refractivity contribution in [1.29, 1.82) is 0 Å². The third-order valence-corrected chi connectivity index (χ3v) is 4.92. The standard InChI is InChI=1S/C21H36O2/c1-3-4-5-6-7-11-14-19-16-17-21(23)20(19)15-12-9-8-10-13-18(2)22/h9,11-12,14,19-21,23H,3-8,10,13,15-17H2,1-2H3/b12-9-,14-11+/t19?,20-,21+/m1/s1. The van der Waals surface area contributed by atoms with Gasteiger partial charge in [0.15, 0.2) is 0 Å². The lowest BCUT2D eigenvalue weighted by Crippen LogP contribution is -2.17. The molecule has 0 saturated heterocycles. The Labute approximate surface area is 143 Å². The molecule has 2 heteroatoms. The highest BCUT2D eigenvalue weighted by Gasteiger charge is 2.32. The molecule has 1 aliphatic carbocycles. The minimum absolute atomic E-state index is 0.147. The van der Waals surface area contributed by atoms with Crippen molar-refractivity contribution >= 4 is 5.78 Å². The molecule has 0 aromatic carbocycles. The number of hydrogen-bond acceptors (Lipinski definition) is 2. The Bertz CT molecular complexity index is 370. The topological polar surface area (TPSA) is 37.3 Å². The van der Waals surface area contributed by atoms with Crippen molar-refractivity contribution in [3.8, 4) is 0 Å². The average molecular weight is 321 g/mol. The number of aliphatic hydroxyl groups is 1. The van der Waals surface area contributed by atoms with Crippen molar-refractivity contribution in [2.24, 2.45) is 11.8 Å². The molecular formula is C21H36O2. The first-order valence-electron chi connectivity index (χ1n) is 9.64. The zero-order valence-corrected chi connectivity index (χ0v) is 15.2. The van der Waals surface area contributed by atoms with Crippen LogP contribution < -0.4 is 0 Å². The van der Waals surface area contributed by atoms with Gasteiger partial charge in [-0.25, -0.2) is 0 Å². The molecule has 0 aromatic heterocycles. The molecule has 0 heterocycles. The van der Waals surface area contributed by atoms with Crippen molar-refractivity contribution in [1.82, 2.24) is 0 Å². The van der Waals surface area contributed by atoms with Crippen molar-refractivity contribution < 1.29 is 9.90 Å². The molecule has 0 aliphatic heterocycles. The van der Waals surface area contributed by atoms with Crippen LogP contribution in [-0.4, -0.2) is 17.0 Å². The van der Waals surface area contributed by atoms with E-state index in [0.717, 1.165) is 32.1 Å². The SMILES string of the molecule is CCCCCC/C=C/C1CC[C@H](O)[C@@H]1C/C=C\CCCC(C)=O. The van der Waals surface area contributed by atoms with Crippen LogP contribution in [0, 0.1) is 11.8 Å². The Kier molecular flexibility index (Phi) is 11.0. The molecule has 1 aliphatic rings. The summed E-state index contributed by atoms with van der Waals surface area (Å²) in [6, 6.07) is 0. The van der Waals surface area contributed by atoms with Crippen molar-refractivity contribution in [2.45, 2.75) is 90.6 Å². The predicted octanol–water partition coefficient (Wildman–Crippen LogP) is 5.61. The van der Waals surface area contributed by atoms with Gasteiger partial charge in [0.1, 0.15) is 5.78 Å². The molecule has 1 N–H and O–H groups in total. The van der Waals surface area contributed by atoms with E-state index in [-0.39, 0.29) is 11.9 Å². The molecule has 132 valence electrons. The number of carbonyl (C=O) groups is 1. The number of Topliss-reactive ketones (excluding diaryl/α,β-unsaturated/α-hetero) is 1. The molecule has 3 atom stereocenters. The quantitative estimate of drug-likeness (QED) is 0.375. The van der Waals surface area contributed by atoms with E-state index in [4.69, 9.17) is 0 Å². The molecular weight excluding hydrogens is 284 g/mol. The number of ketones is 1. The molecule has 23 heavy (non-hydrogen) atoms. The van der Waals surface area contributed by atoms with Gasteiger partial charge in [-0.1, -0.05) is 50.5 Å². The fourth-order valence-electron chi connectivity index (χ4n) is 3.45. The number of unbranched alkanes of at least 4 members (excludes halogenated alkanes) is 5. The zero-order chi connectivity index (χ0) is 16.9. The fourth-order valence-corrected chi connectivity index (χ4v) is 3.45. The first-order chi connectivity index (χ1) is 11.1. The van der Waals surface area contributed by atoms with Crippen molar-refractivity contribution in [3.63, 3.8) is 0 Å². The maximum Gasteiger partial charge on any atom is 0.129 e. The molecule has 0 spiro atoms. The van der Waals surface area contributed by atoms with E-state index in [2.05, 4.69) is 31.2 Å². The van der Waals surface area contributed by atoms with Crippen LogP contribution in [0.1, 0.15) is 84.5 Å². The van der Waals surface area contributed by atoms with Crippen LogP contribution in [-0.2, 0) is 4.79 Å². The van der Waals surface area contributed by atoms with Gasteiger partial charge in [0.05, 0.1) is 6.10 Å². The maximum absolute atomic E-state index is 10.9. The molecule has 0 amide bonds. The summed E-state index contributed by atoms with van der Waals surface area (Å²) in [6.07, 6.45) is 21.0. The number of hydrogen-bond donors (Lipinski definition) is 1. The maximum atomic E-state index is 10.9. The first-order valence-corrected chi connectivity index (χ1v) is 9.64. The minimum atomic E-state index is -0.147. The summed E-state index contributed by atoms with van der Waals surface area (Å²) in [5.74, 6) is 1.19. The summed E-state index contributed by atoms with van der Waals surface area (Å²) in [7, 11) is 0. The lowest BCUT2D eigenvalue weighted by Gasteiger charge is -2.17. The summed E-state index contributed by atoms with van der Waals surface area (Å²) in [5, 5.41) is 10.2. The molecule has 2 nitrogen and oxygen atoms in total. The van der Waals surface area contributed by atoms with Gasteiger partial charge in [0.25, 0.3) is 0 Å². The van der Waals surface area contributed by atoms with Gasteiger partial charge in [-0.15, -0.1) is 0 Å². The monoisotopic (exact) mass is 320 g/mol. The average Bonchev–Trinajstić information content (AvgIpc) is 2.86. The molecule has 0 radical (unpaired) electrons. The molecule has 1 unspecified atom stereocenters. The summed E-state index contributed by atoms with van der Waals surface area (Å²) in [6.45, 7) is 3.89. The van der Waals surface area contributed by atoms with Crippen LogP contribution in [0.15, 0.2) is 24.3 Å². The van der Waals surface area contributed by atoms with Gasteiger partial charge >= 0.3 is 0 Å². The third kappa shape index (κ3) is 9.10. The van der Waals surface area contributed by atoms with Crippen LogP contribution in [0.3, 0.4) is 0 Å². The Morgan fingerprint density at radius 3 is 2.57 bits per heavy atom. The van der Waals surface area contributed by atoms with Gasteiger partial charge < -0.3 is 9.90 Å². The molecule has 1 fully saturated rings. The van der Waals surface area contributed by atoms with Crippen LogP contribution in [0.2, 0.25) is 0 Å². The number of carbonyl (C=O) groups excluding carboxylic acids is 1. The summed E-state index contributed by atoms with van der Waals surface area (Å²) < 4.78 is 0. The Hall–Kier alpha value is -0.890. The third-order valence-electron chi connectivity index (χ3n) is 4.92. The highest BCUT2D eigenvalue weighted by molar-refractivity contribution is 5.75. The summed E-state index contributed by atoms with van der Waals surface area (Å²) in [4.78, 5) is 10.9. The van der Waals surface area contributed by atoms with Gasteiger partial charge in [-0.3, -0.25) is 0 Å². The van der Waals surface area contributed by atoms with Crippen LogP contribution in [0.5, 0.6) is 0 Å². The molecule has 0 bridgehead atoms. The number of rotatable bonds is 12. The number of aliphatic hydroxyl groups excluding tert-OH is 1. The second kappa shape index (κ2) is 12.5.